The van der Waals surface area contributed by atoms with Crippen LogP contribution in [0.25, 0.3) is 0 Å². The highest BCUT2D eigenvalue weighted by Crippen LogP contribution is 2.20. The molecule has 0 radical (unpaired) electrons. The number of halogens is 1. The third kappa shape index (κ3) is 5.14. The Morgan fingerprint density at radius 2 is 1.96 bits per heavy atom. The number of amides is 2. The van der Waals surface area contributed by atoms with Crippen molar-refractivity contribution in [3.05, 3.63) is 59.0 Å². The minimum Gasteiger partial charge on any atom is -0.467 e. The lowest BCUT2D eigenvalue weighted by atomic mass is 10.0. The molecule has 0 fully saturated rings. The molecule has 0 saturated carbocycles. The molecule has 0 aliphatic rings. The summed E-state index contributed by atoms with van der Waals surface area (Å²) in [6.45, 7) is 1.82. The van der Waals surface area contributed by atoms with Crippen LogP contribution in [-0.4, -0.2) is 23.8 Å². The van der Waals surface area contributed by atoms with Gasteiger partial charge in [-0.05, 0) is 29.8 Å². The van der Waals surface area contributed by atoms with Gasteiger partial charge >= 0.3 is 0 Å². The summed E-state index contributed by atoms with van der Waals surface area (Å²) in [5.74, 6) is 0.435. The van der Waals surface area contributed by atoms with E-state index in [2.05, 4.69) is 5.32 Å². The van der Waals surface area contributed by atoms with Gasteiger partial charge in [0, 0.05) is 19.0 Å². The molecule has 2 amide bonds. The van der Waals surface area contributed by atoms with Crippen LogP contribution in [0.2, 0.25) is 5.02 Å². The van der Waals surface area contributed by atoms with Gasteiger partial charge in [-0.15, -0.1) is 0 Å². The highest BCUT2D eigenvalue weighted by atomic mass is 35.5. The van der Waals surface area contributed by atoms with Crippen molar-refractivity contribution < 1.29 is 14.0 Å². The van der Waals surface area contributed by atoms with E-state index in [0.717, 1.165) is 5.56 Å². The van der Waals surface area contributed by atoms with Crippen LogP contribution in [0.4, 0.5) is 0 Å². The molecule has 0 aliphatic heterocycles. The first kappa shape index (κ1) is 17.1. The van der Waals surface area contributed by atoms with Crippen molar-refractivity contribution in [2.45, 2.75) is 25.9 Å². The molecule has 0 bridgehead atoms. The summed E-state index contributed by atoms with van der Waals surface area (Å²) in [5.41, 5.74) is 0.837. The van der Waals surface area contributed by atoms with Crippen molar-refractivity contribution in [2.24, 2.45) is 0 Å². The average molecular weight is 335 g/mol. The molecule has 1 aromatic heterocycles. The van der Waals surface area contributed by atoms with E-state index < -0.39 is 6.04 Å². The Morgan fingerprint density at radius 3 is 2.52 bits per heavy atom. The lowest BCUT2D eigenvalue weighted by molar-refractivity contribution is -0.131. The van der Waals surface area contributed by atoms with Gasteiger partial charge in [0.25, 0.3) is 0 Å². The van der Waals surface area contributed by atoms with Gasteiger partial charge in [-0.3, -0.25) is 9.59 Å². The van der Waals surface area contributed by atoms with Crippen LogP contribution >= 0.6 is 11.6 Å². The lowest BCUT2D eigenvalue weighted by Gasteiger charge is -2.22. The smallest absolute Gasteiger partial charge is 0.225 e. The summed E-state index contributed by atoms with van der Waals surface area (Å²) >= 11 is 5.88. The molecule has 5 nitrogen and oxygen atoms in total. The van der Waals surface area contributed by atoms with Gasteiger partial charge in [0.15, 0.2) is 0 Å². The number of benzene rings is 1. The Balaban J connectivity index is 2.05. The molecule has 0 aliphatic carbocycles. The third-order valence-corrected chi connectivity index (χ3v) is 3.68. The first-order valence-corrected chi connectivity index (χ1v) is 7.62. The molecule has 1 atom stereocenters. The molecule has 0 saturated heterocycles. The van der Waals surface area contributed by atoms with Gasteiger partial charge in [-0.2, -0.15) is 0 Å². The molecular formula is C17H19ClN2O3. The van der Waals surface area contributed by atoms with Crippen LogP contribution < -0.4 is 5.32 Å². The maximum absolute atomic E-state index is 12.4. The second kappa shape index (κ2) is 7.83. The zero-order valence-electron chi connectivity index (χ0n) is 13.1. The second-order valence-corrected chi connectivity index (χ2v) is 5.77. The van der Waals surface area contributed by atoms with Crippen molar-refractivity contribution >= 4 is 23.4 Å². The first-order chi connectivity index (χ1) is 11.0. The number of carbonyl (C=O) groups excluding carboxylic acids is 2. The SMILES string of the molecule is CC(=O)NC(CC(=O)N(C)Cc1ccco1)c1ccc(Cl)cc1. The van der Waals surface area contributed by atoms with Crippen LogP contribution in [-0.2, 0) is 16.1 Å². The van der Waals surface area contributed by atoms with Crippen molar-refractivity contribution in [1.29, 1.82) is 0 Å². The molecule has 1 N–H and O–H groups in total. The summed E-state index contributed by atoms with van der Waals surface area (Å²) < 4.78 is 5.24. The maximum atomic E-state index is 12.4. The van der Waals surface area contributed by atoms with E-state index in [1.807, 2.05) is 18.2 Å². The van der Waals surface area contributed by atoms with Crippen LogP contribution in [0.1, 0.15) is 30.7 Å². The van der Waals surface area contributed by atoms with E-state index in [4.69, 9.17) is 16.0 Å². The molecule has 122 valence electrons. The van der Waals surface area contributed by atoms with Gasteiger partial charge in [0.1, 0.15) is 5.76 Å². The molecule has 6 heteroatoms. The van der Waals surface area contributed by atoms with Gasteiger partial charge in [-0.25, -0.2) is 0 Å². The third-order valence-electron chi connectivity index (χ3n) is 3.43. The Bertz CT molecular complexity index is 653. The first-order valence-electron chi connectivity index (χ1n) is 7.24. The number of furan rings is 1. The van der Waals surface area contributed by atoms with E-state index in [1.165, 1.54) is 6.92 Å². The fourth-order valence-corrected chi connectivity index (χ4v) is 2.37. The van der Waals surface area contributed by atoms with Gasteiger partial charge in [0.05, 0.1) is 25.3 Å². The van der Waals surface area contributed by atoms with Crippen molar-refractivity contribution in [2.75, 3.05) is 7.05 Å². The molecule has 1 aromatic carbocycles. The highest BCUT2D eigenvalue weighted by Gasteiger charge is 2.20. The maximum Gasteiger partial charge on any atom is 0.225 e. The summed E-state index contributed by atoms with van der Waals surface area (Å²) in [4.78, 5) is 25.4. The number of carbonyl (C=O) groups is 2. The predicted molar refractivity (Wildman–Crippen MR) is 87.8 cm³/mol. The van der Waals surface area contributed by atoms with E-state index >= 15 is 0 Å². The number of nitrogens with zero attached hydrogens (tertiary/aromatic N) is 1. The summed E-state index contributed by atoms with van der Waals surface area (Å²) in [7, 11) is 1.71. The predicted octanol–water partition coefficient (Wildman–Crippen LogP) is 3.16. The molecular weight excluding hydrogens is 316 g/mol. The largest absolute Gasteiger partial charge is 0.467 e. The lowest BCUT2D eigenvalue weighted by Crippen LogP contribution is -2.33. The molecule has 1 heterocycles. The van der Waals surface area contributed by atoms with Crippen molar-refractivity contribution in [3.8, 4) is 0 Å². The summed E-state index contributed by atoms with van der Waals surface area (Å²) in [6.07, 6.45) is 1.74. The van der Waals surface area contributed by atoms with Crippen LogP contribution in [0.5, 0.6) is 0 Å². The van der Waals surface area contributed by atoms with Gasteiger partial charge in [-0.1, -0.05) is 23.7 Å². The van der Waals surface area contributed by atoms with E-state index in [-0.39, 0.29) is 18.2 Å². The van der Waals surface area contributed by atoms with Crippen LogP contribution in [0, 0.1) is 0 Å². The minimum atomic E-state index is -0.392. The summed E-state index contributed by atoms with van der Waals surface area (Å²) in [6, 6.07) is 10.3. The number of rotatable bonds is 6. The van der Waals surface area contributed by atoms with Crippen molar-refractivity contribution in [1.82, 2.24) is 10.2 Å². The molecule has 2 aromatic rings. The molecule has 1 unspecified atom stereocenters. The monoisotopic (exact) mass is 334 g/mol. The Kier molecular flexibility index (Phi) is 5.82. The Labute approximate surface area is 140 Å². The van der Waals surface area contributed by atoms with E-state index in [1.54, 1.807) is 36.4 Å². The molecule has 2 rings (SSSR count). The van der Waals surface area contributed by atoms with Crippen molar-refractivity contribution in [3.63, 3.8) is 0 Å². The van der Waals surface area contributed by atoms with E-state index in [9.17, 15) is 9.59 Å². The number of hydrogen-bond acceptors (Lipinski definition) is 3. The topological polar surface area (TPSA) is 62.6 Å². The van der Waals surface area contributed by atoms with Gasteiger partial charge in [0.2, 0.25) is 11.8 Å². The molecule has 0 spiro atoms. The minimum absolute atomic E-state index is 0.0879. The van der Waals surface area contributed by atoms with Crippen LogP contribution in [0.15, 0.2) is 47.1 Å². The normalized spacial score (nSPS) is 11.8. The Morgan fingerprint density at radius 1 is 1.26 bits per heavy atom. The fourth-order valence-electron chi connectivity index (χ4n) is 2.25. The standard InChI is InChI=1S/C17H19ClN2O3/c1-12(21)19-16(13-5-7-14(18)8-6-13)10-17(22)20(2)11-15-4-3-9-23-15/h3-9,16H,10-11H2,1-2H3,(H,19,21). The van der Waals surface area contributed by atoms with Crippen LogP contribution in [0.3, 0.4) is 0 Å². The molecule has 23 heavy (non-hydrogen) atoms. The zero-order chi connectivity index (χ0) is 16.8. The zero-order valence-corrected chi connectivity index (χ0v) is 13.8. The summed E-state index contributed by atoms with van der Waals surface area (Å²) in [5, 5.41) is 3.42. The fraction of sp³-hybridized carbons (Fsp3) is 0.294. The number of nitrogens with one attached hydrogen (secondary N) is 1. The average Bonchev–Trinajstić information content (AvgIpc) is 2.99. The van der Waals surface area contributed by atoms with E-state index in [0.29, 0.717) is 17.3 Å². The highest BCUT2D eigenvalue weighted by molar-refractivity contribution is 6.30. The Hall–Kier alpha value is -2.27. The van der Waals surface area contributed by atoms with Gasteiger partial charge < -0.3 is 14.6 Å². The second-order valence-electron chi connectivity index (χ2n) is 5.34. The quantitative estimate of drug-likeness (QED) is 0.882. The number of hydrogen-bond donors (Lipinski definition) is 1.